The van der Waals surface area contributed by atoms with E-state index < -0.39 is 11.9 Å². The minimum atomic E-state index is -0.763. The van der Waals surface area contributed by atoms with Crippen molar-refractivity contribution < 1.29 is 14.7 Å². The minimum Gasteiger partial charge on any atom is -0.508 e. The van der Waals surface area contributed by atoms with Gasteiger partial charge in [0.05, 0.1) is 0 Å². The summed E-state index contributed by atoms with van der Waals surface area (Å²) in [5.41, 5.74) is 1.03. The van der Waals surface area contributed by atoms with Crippen LogP contribution < -0.4 is 5.32 Å². The van der Waals surface area contributed by atoms with Crippen LogP contribution in [0.15, 0.2) is 54.6 Å². The highest BCUT2D eigenvalue weighted by atomic mass is 16.3. The Morgan fingerprint density at radius 2 is 1.71 bits per heavy atom. The number of carbonyl (C=O) groups excluding carboxylic acids is 2. The van der Waals surface area contributed by atoms with Crippen LogP contribution in [0.2, 0.25) is 0 Å². The fraction of sp³-hybridized carbons (Fsp3) is 0.263. The molecule has 5 nitrogen and oxygen atoms in total. The molecule has 0 aliphatic heterocycles. The summed E-state index contributed by atoms with van der Waals surface area (Å²) < 4.78 is 0. The number of carbonyl (C=O) groups is 2. The summed E-state index contributed by atoms with van der Waals surface area (Å²) in [6, 6.07) is 14.4. The van der Waals surface area contributed by atoms with Crippen LogP contribution >= 0.6 is 0 Å². The van der Waals surface area contributed by atoms with Crippen LogP contribution in [0.1, 0.15) is 35.8 Å². The fourth-order valence-electron chi connectivity index (χ4n) is 2.51. The number of phenols is 1. The first-order valence-electron chi connectivity index (χ1n) is 8.00. The quantitative estimate of drug-likeness (QED) is 0.857. The summed E-state index contributed by atoms with van der Waals surface area (Å²) >= 11 is 0. The monoisotopic (exact) mass is 326 g/mol. The number of amides is 2. The van der Waals surface area contributed by atoms with Gasteiger partial charge in [-0.15, -0.1) is 0 Å². The van der Waals surface area contributed by atoms with Crippen LogP contribution in [0.5, 0.6) is 5.75 Å². The molecule has 1 atom stereocenters. The van der Waals surface area contributed by atoms with Crippen molar-refractivity contribution in [1.82, 2.24) is 10.2 Å². The molecule has 0 aromatic heterocycles. The van der Waals surface area contributed by atoms with E-state index in [2.05, 4.69) is 5.32 Å². The second-order valence-electron chi connectivity index (χ2n) is 5.38. The largest absolute Gasteiger partial charge is 0.508 e. The molecule has 1 unspecified atom stereocenters. The summed E-state index contributed by atoms with van der Waals surface area (Å²) in [5.74, 6) is -0.547. The van der Waals surface area contributed by atoms with Crippen LogP contribution in [0.25, 0.3) is 0 Å². The lowest BCUT2D eigenvalue weighted by molar-refractivity contribution is -0.133. The van der Waals surface area contributed by atoms with Gasteiger partial charge in [0, 0.05) is 18.7 Å². The molecule has 5 heteroatoms. The van der Waals surface area contributed by atoms with Crippen LogP contribution in [0, 0.1) is 0 Å². The molecule has 0 saturated heterocycles. The molecule has 0 saturated carbocycles. The van der Waals surface area contributed by atoms with Gasteiger partial charge in [0.1, 0.15) is 11.8 Å². The Kier molecular flexibility index (Phi) is 5.95. The molecule has 24 heavy (non-hydrogen) atoms. The normalized spacial score (nSPS) is 11.6. The molecule has 0 spiro atoms. The van der Waals surface area contributed by atoms with E-state index in [1.807, 2.05) is 44.2 Å². The smallest absolute Gasteiger partial charge is 0.252 e. The van der Waals surface area contributed by atoms with Crippen molar-refractivity contribution in [2.45, 2.75) is 19.9 Å². The number of nitrogens with zero attached hydrogens (tertiary/aromatic N) is 1. The lowest BCUT2D eigenvalue weighted by Gasteiger charge is -2.26. The number of rotatable bonds is 6. The number of hydrogen-bond acceptors (Lipinski definition) is 3. The molecular formula is C19H22N2O3. The van der Waals surface area contributed by atoms with Gasteiger partial charge in [-0.1, -0.05) is 36.4 Å². The Labute approximate surface area is 141 Å². The maximum absolute atomic E-state index is 12.8. The maximum atomic E-state index is 12.8. The minimum absolute atomic E-state index is 0.00832. The van der Waals surface area contributed by atoms with Crippen molar-refractivity contribution in [2.24, 2.45) is 0 Å². The Hall–Kier alpha value is -2.82. The summed E-state index contributed by atoms with van der Waals surface area (Å²) in [6.07, 6.45) is 0. The Morgan fingerprint density at radius 1 is 1.04 bits per heavy atom. The molecule has 0 aliphatic rings. The number of likely N-dealkylation sites (N-methyl/N-ethyl adjacent to an activating group) is 1. The van der Waals surface area contributed by atoms with Crippen LogP contribution in [0.3, 0.4) is 0 Å². The van der Waals surface area contributed by atoms with Gasteiger partial charge in [0.2, 0.25) is 5.91 Å². The molecular weight excluding hydrogens is 304 g/mol. The molecule has 0 fully saturated rings. The summed E-state index contributed by atoms with van der Waals surface area (Å²) in [4.78, 5) is 27.0. The zero-order chi connectivity index (χ0) is 17.5. The van der Waals surface area contributed by atoms with Gasteiger partial charge in [-0.05, 0) is 37.6 Å². The second kappa shape index (κ2) is 8.15. The third-order valence-electron chi connectivity index (χ3n) is 3.84. The first-order chi connectivity index (χ1) is 11.6. The van der Waals surface area contributed by atoms with E-state index in [9.17, 15) is 14.7 Å². The Morgan fingerprint density at radius 3 is 2.29 bits per heavy atom. The number of aromatic hydroxyl groups is 1. The van der Waals surface area contributed by atoms with E-state index >= 15 is 0 Å². The summed E-state index contributed by atoms with van der Waals surface area (Å²) in [7, 11) is 0. The Bertz CT molecular complexity index is 697. The van der Waals surface area contributed by atoms with Crippen molar-refractivity contribution >= 4 is 11.8 Å². The highest BCUT2D eigenvalue weighted by Gasteiger charge is 2.26. The second-order valence-corrected chi connectivity index (χ2v) is 5.38. The standard InChI is InChI=1S/C19H22N2O3/c1-3-21(4-2)19(24)17(14-9-6-5-7-10-14)20-18(23)15-11-8-12-16(22)13-15/h5-13,17,22H,3-4H2,1-2H3,(H,20,23). The molecule has 2 rings (SSSR count). The SMILES string of the molecule is CCN(CC)C(=O)C(NC(=O)c1cccc(O)c1)c1ccccc1. The molecule has 2 amide bonds. The number of hydrogen-bond donors (Lipinski definition) is 2. The van der Waals surface area contributed by atoms with E-state index in [-0.39, 0.29) is 11.7 Å². The average molecular weight is 326 g/mol. The van der Waals surface area contributed by atoms with Crippen LogP contribution in [0.4, 0.5) is 0 Å². The van der Waals surface area contributed by atoms with Gasteiger partial charge in [-0.25, -0.2) is 0 Å². The van der Waals surface area contributed by atoms with Gasteiger partial charge in [0.15, 0.2) is 0 Å². The van der Waals surface area contributed by atoms with Crippen LogP contribution in [-0.2, 0) is 4.79 Å². The lowest BCUT2D eigenvalue weighted by Crippen LogP contribution is -2.42. The topological polar surface area (TPSA) is 69.6 Å². The molecule has 2 aromatic carbocycles. The van der Waals surface area contributed by atoms with E-state index in [1.54, 1.807) is 17.0 Å². The zero-order valence-corrected chi connectivity index (χ0v) is 13.9. The highest BCUT2D eigenvalue weighted by molar-refractivity contribution is 5.98. The third kappa shape index (κ3) is 4.13. The lowest BCUT2D eigenvalue weighted by atomic mass is 10.0. The van der Waals surface area contributed by atoms with Crippen molar-refractivity contribution in [3.63, 3.8) is 0 Å². The molecule has 2 aromatic rings. The molecule has 126 valence electrons. The molecule has 0 radical (unpaired) electrons. The van der Waals surface area contributed by atoms with Crippen LogP contribution in [-0.4, -0.2) is 34.9 Å². The molecule has 0 bridgehead atoms. The summed E-state index contributed by atoms with van der Waals surface area (Å²) in [5, 5.41) is 12.3. The van der Waals surface area contributed by atoms with E-state index in [4.69, 9.17) is 0 Å². The molecule has 2 N–H and O–H groups in total. The molecule has 0 heterocycles. The fourth-order valence-corrected chi connectivity index (χ4v) is 2.51. The van der Waals surface area contributed by atoms with Gasteiger partial charge in [-0.2, -0.15) is 0 Å². The zero-order valence-electron chi connectivity index (χ0n) is 13.9. The Balaban J connectivity index is 2.29. The number of nitrogens with one attached hydrogen (secondary N) is 1. The van der Waals surface area contributed by atoms with Crippen molar-refractivity contribution in [3.05, 3.63) is 65.7 Å². The van der Waals surface area contributed by atoms with E-state index in [0.717, 1.165) is 5.56 Å². The summed E-state index contributed by atoms with van der Waals surface area (Å²) in [6.45, 7) is 4.95. The predicted molar refractivity (Wildman–Crippen MR) is 92.7 cm³/mol. The van der Waals surface area contributed by atoms with Gasteiger partial charge in [0.25, 0.3) is 5.91 Å². The van der Waals surface area contributed by atoms with Crippen molar-refractivity contribution in [2.75, 3.05) is 13.1 Å². The van der Waals surface area contributed by atoms with Gasteiger partial charge in [-0.3, -0.25) is 9.59 Å². The third-order valence-corrected chi connectivity index (χ3v) is 3.84. The first kappa shape index (κ1) is 17.5. The van der Waals surface area contributed by atoms with Gasteiger partial charge >= 0.3 is 0 Å². The van der Waals surface area contributed by atoms with Crippen molar-refractivity contribution in [1.29, 1.82) is 0 Å². The van der Waals surface area contributed by atoms with E-state index in [0.29, 0.717) is 18.7 Å². The number of phenolic OH excluding ortho intramolecular Hbond substituents is 1. The average Bonchev–Trinajstić information content (AvgIpc) is 2.61. The first-order valence-corrected chi connectivity index (χ1v) is 8.00. The number of benzene rings is 2. The van der Waals surface area contributed by atoms with Gasteiger partial charge < -0.3 is 15.3 Å². The predicted octanol–water partition coefficient (Wildman–Crippen LogP) is 2.73. The van der Waals surface area contributed by atoms with Crippen molar-refractivity contribution in [3.8, 4) is 5.75 Å². The highest BCUT2D eigenvalue weighted by Crippen LogP contribution is 2.18. The molecule has 0 aliphatic carbocycles. The maximum Gasteiger partial charge on any atom is 0.252 e. The van der Waals surface area contributed by atoms with E-state index in [1.165, 1.54) is 12.1 Å².